The Hall–Kier alpha value is -2.01. The maximum atomic E-state index is 13.4. The van der Waals surface area contributed by atoms with Gasteiger partial charge in [0, 0.05) is 17.6 Å². The molecule has 0 saturated heterocycles. The van der Waals surface area contributed by atoms with Crippen molar-refractivity contribution >= 4 is 28.6 Å². The van der Waals surface area contributed by atoms with Crippen LogP contribution in [0.25, 0.3) is 0 Å². The van der Waals surface area contributed by atoms with Crippen LogP contribution in [0.2, 0.25) is 0 Å². The molecule has 3 N–H and O–H groups in total. The zero-order chi connectivity index (χ0) is 13.1. The summed E-state index contributed by atoms with van der Waals surface area (Å²) < 4.78 is 13.4. The molecule has 92 valence electrons. The minimum absolute atomic E-state index is 0.230. The van der Waals surface area contributed by atoms with Crippen molar-refractivity contribution in [1.82, 2.24) is 4.98 Å². The van der Waals surface area contributed by atoms with Crippen molar-refractivity contribution in [1.29, 1.82) is 0 Å². The number of nitrogens with zero attached hydrogens (tertiary/aromatic N) is 1. The van der Waals surface area contributed by atoms with E-state index in [9.17, 15) is 4.39 Å². The number of nitrogens with one attached hydrogen (secondary N) is 1. The third kappa shape index (κ3) is 2.81. The van der Waals surface area contributed by atoms with Crippen LogP contribution in [0.5, 0.6) is 0 Å². The van der Waals surface area contributed by atoms with Gasteiger partial charge in [-0.2, -0.15) is 0 Å². The Bertz CT molecular complexity index is 599. The van der Waals surface area contributed by atoms with E-state index in [1.807, 2.05) is 0 Å². The minimum Gasteiger partial charge on any atom is -0.388 e. The topological polar surface area (TPSA) is 50.9 Å². The molecule has 1 aromatic heterocycles. The highest BCUT2D eigenvalue weighted by Crippen LogP contribution is 2.19. The fraction of sp³-hybridized carbons (Fsp3) is 0.0769. The van der Waals surface area contributed by atoms with E-state index in [1.54, 1.807) is 37.4 Å². The van der Waals surface area contributed by atoms with Crippen LogP contribution in [-0.2, 0) is 0 Å². The Morgan fingerprint density at radius 3 is 2.67 bits per heavy atom. The monoisotopic (exact) mass is 261 g/mol. The molecule has 3 nitrogen and oxygen atoms in total. The number of benzene rings is 1. The van der Waals surface area contributed by atoms with Gasteiger partial charge in [0.15, 0.2) is 0 Å². The lowest BCUT2D eigenvalue weighted by Crippen LogP contribution is -2.11. The second-order valence-corrected chi connectivity index (χ2v) is 4.32. The number of anilines is 2. The van der Waals surface area contributed by atoms with E-state index in [0.717, 1.165) is 5.69 Å². The normalized spacial score (nSPS) is 10.1. The number of rotatable bonds is 3. The van der Waals surface area contributed by atoms with Gasteiger partial charge in [-0.25, -0.2) is 4.39 Å². The molecule has 0 unspecified atom stereocenters. The molecule has 2 rings (SSSR count). The number of hydrogen-bond acceptors (Lipinski definition) is 3. The Morgan fingerprint density at radius 2 is 2.00 bits per heavy atom. The molecule has 2 aromatic rings. The Morgan fingerprint density at radius 1 is 1.28 bits per heavy atom. The van der Waals surface area contributed by atoms with E-state index in [-0.39, 0.29) is 10.8 Å². The zero-order valence-electron chi connectivity index (χ0n) is 9.77. The van der Waals surface area contributed by atoms with E-state index < -0.39 is 0 Å². The van der Waals surface area contributed by atoms with Crippen LogP contribution in [0.15, 0.2) is 36.5 Å². The van der Waals surface area contributed by atoms with Gasteiger partial charge in [0.25, 0.3) is 0 Å². The summed E-state index contributed by atoms with van der Waals surface area (Å²) in [7, 11) is 0. The van der Waals surface area contributed by atoms with E-state index in [2.05, 4.69) is 10.3 Å². The lowest BCUT2D eigenvalue weighted by Gasteiger charge is -2.08. The Balaban J connectivity index is 2.25. The van der Waals surface area contributed by atoms with E-state index in [1.165, 1.54) is 6.07 Å². The van der Waals surface area contributed by atoms with Crippen molar-refractivity contribution in [2.45, 2.75) is 6.92 Å². The molecule has 0 aliphatic rings. The molecule has 0 spiro atoms. The molecular formula is C13H12FN3S. The van der Waals surface area contributed by atoms with Gasteiger partial charge in [0.05, 0.1) is 5.69 Å². The number of nitrogens with two attached hydrogens (primary N) is 1. The summed E-state index contributed by atoms with van der Waals surface area (Å²) >= 11 is 4.85. The van der Waals surface area contributed by atoms with Crippen LogP contribution in [0.3, 0.4) is 0 Å². The Kier molecular flexibility index (Phi) is 3.53. The van der Waals surface area contributed by atoms with Crippen molar-refractivity contribution in [3.8, 4) is 0 Å². The van der Waals surface area contributed by atoms with Crippen LogP contribution in [-0.4, -0.2) is 9.97 Å². The number of aryl methyl sites for hydroxylation is 1. The third-order valence-electron chi connectivity index (χ3n) is 2.47. The highest BCUT2D eigenvalue weighted by atomic mass is 32.1. The molecule has 0 atom stereocenters. The van der Waals surface area contributed by atoms with Crippen LogP contribution in [0.4, 0.5) is 15.8 Å². The third-order valence-corrected chi connectivity index (χ3v) is 2.68. The highest BCUT2D eigenvalue weighted by Gasteiger charge is 2.02. The number of hydrogen-bond donors (Lipinski definition) is 2. The van der Waals surface area contributed by atoms with Crippen molar-refractivity contribution in [3.05, 3.63) is 53.6 Å². The number of thiocarbonyl (C=S) groups is 1. The van der Waals surface area contributed by atoms with Gasteiger partial charge in [-0.15, -0.1) is 0 Å². The average molecular weight is 261 g/mol. The van der Waals surface area contributed by atoms with Gasteiger partial charge < -0.3 is 11.1 Å². The molecule has 18 heavy (non-hydrogen) atoms. The standard InChI is InChI=1S/C13H12FN3S/c1-8-2-3-9(6-11(8)14)17-10-4-5-16-12(7-10)13(15)18/h2-7H,1H3,(H2,15,18)(H,16,17). The fourth-order valence-corrected chi connectivity index (χ4v) is 1.59. The minimum atomic E-state index is -0.247. The molecule has 0 amide bonds. The molecule has 0 radical (unpaired) electrons. The van der Waals surface area contributed by atoms with Crippen LogP contribution >= 0.6 is 12.2 Å². The summed E-state index contributed by atoms with van der Waals surface area (Å²) in [6.07, 6.45) is 1.60. The molecule has 1 heterocycles. The van der Waals surface area contributed by atoms with Crippen LogP contribution in [0.1, 0.15) is 11.3 Å². The number of pyridine rings is 1. The van der Waals surface area contributed by atoms with Gasteiger partial charge in [0.1, 0.15) is 10.8 Å². The van der Waals surface area contributed by atoms with Crippen molar-refractivity contribution in [2.24, 2.45) is 5.73 Å². The second kappa shape index (κ2) is 5.10. The first-order chi connectivity index (χ1) is 8.56. The first-order valence-corrected chi connectivity index (χ1v) is 5.76. The lowest BCUT2D eigenvalue weighted by molar-refractivity contribution is 0.619. The summed E-state index contributed by atoms with van der Waals surface area (Å²) in [5, 5.41) is 3.07. The predicted octanol–water partition coefficient (Wildman–Crippen LogP) is 2.91. The summed E-state index contributed by atoms with van der Waals surface area (Å²) in [6, 6.07) is 8.45. The Labute approximate surface area is 110 Å². The molecular weight excluding hydrogens is 249 g/mol. The molecule has 0 bridgehead atoms. The van der Waals surface area contributed by atoms with Gasteiger partial charge in [-0.1, -0.05) is 18.3 Å². The first kappa shape index (κ1) is 12.4. The number of aromatic nitrogens is 1. The molecule has 0 aliphatic carbocycles. The lowest BCUT2D eigenvalue weighted by atomic mass is 10.2. The van der Waals surface area contributed by atoms with E-state index in [0.29, 0.717) is 16.9 Å². The molecule has 1 aromatic carbocycles. The number of halogens is 1. The smallest absolute Gasteiger partial charge is 0.128 e. The van der Waals surface area contributed by atoms with Crippen molar-refractivity contribution in [2.75, 3.05) is 5.32 Å². The quantitative estimate of drug-likeness (QED) is 0.834. The predicted molar refractivity (Wildman–Crippen MR) is 74.5 cm³/mol. The maximum absolute atomic E-state index is 13.4. The summed E-state index contributed by atoms with van der Waals surface area (Å²) in [6.45, 7) is 1.72. The summed E-state index contributed by atoms with van der Waals surface area (Å²) in [5.41, 5.74) is 8.07. The molecule has 5 heteroatoms. The van der Waals surface area contributed by atoms with E-state index in [4.69, 9.17) is 18.0 Å². The maximum Gasteiger partial charge on any atom is 0.128 e. The first-order valence-electron chi connectivity index (χ1n) is 5.35. The molecule has 0 aliphatic heterocycles. The van der Waals surface area contributed by atoms with Crippen LogP contribution in [0, 0.1) is 12.7 Å². The summed E-state index contributed by atoms with van der Waals surface area (Å²) in [4.78, 5) is 4.26. The fourth-order valence-electron chi connectivity index (χ4n) is 1.48. The SMILES string of the molecule is Cc1ccc(Nc2ccnc(C(N)=S)c2)cc1F. The highest BCUT2D eigenvalue weighted by molar-refractivity contribution is 7.80. The van der Waals surface area contributed by atoms with Crippen molar-refractivity contribution in [3.63, 3.8) is 0 Å². The van der Waals surface area contributed by atoms with Gasteiger partial charge in [-0.3, -0.25) is 4.98 Å². The average Bonchev–Trinajstić information content (AvgIpc) is 2.34. The van der Waals surface area contributed by atoms with Gasteiger partial charge in [0.2, 0.25) is 0 Å². The second-order valence-electron chi connectivity index (χ2n) is 3.88. The van der Waals surface area contributed by atoms with Crippen molar-refractivity contribution < 1.29 is 4.39 Å². The zero-order valence-corrected chi connectivity index (χ0v) is 10.6. The largest absolute Gasteiger partial charge is 0.388 e. The van der Waals surface area contributed by atoms with E-state index >= 15 is 0 Å². The summed E-state index contributed by atoms with van der Waals surface area (Å²) in [5.74, 6) is -0.247. The molecule has 0 saturated carbocycles. The van der Waals surface area contributed by atoms with Gasteiger partial charge >= 0.3 is 0 Å². The molecule has 0 fully saturated rings. The van der Waals surface area contributed by atoms with Gasteiger partial charge in [-0.05, 0) is 36.8 Å². The van der Waals surface area contributed by atoms with Crippen LogP contribution < -0.4 is 11.1 Å².